The molecule has 134 valence electrons. The number of benzene rings is 1. The summed E-state index contributed by atoms with van der Waals surface area (Å²) in [6.45, 7) is 0. The summed E-state index contributed by atoms with van der Waals surface area (Å²) < 4.78 is 45.3. The van der Waals surface area contributed by atoms with Crippen LogP contribution >= 0.6 is 11.6 Å². The zero-order chi connectivity index (χ0) is 18.0. The van der Waals surface area contributed by atoms with Crippen molar-refractivity contribution >= 4 is 23.2 Å². The van der Waals surface area contributed by atoms with E-state index in [0.717, 1.165) is 31.9 Å². The van der Waals surface area contributed by atoms with Gasteiger partial charge < -0.3 is 9.64 Å². The lowest BCUT2D eigenvalue weighted by Crippen LogP contribution is -2.20. The third-order valence-electron chi connectivity index (χ3n) is 4.14. The van der Waals surface area contributed by atoms with Crippen molar-refractivity contribution in [2.24, 2.45) is 0 Å². The first-order valence-electron chi connectivity index (χ1n) is 7.95. The molecular weight excluding hydrogens is 355 g/mol. The Balaban J connectivity index is 1.96. The first kappa shape index (κ1) is 17.8. The highest BCUT2D eigenvalue weighted by Crippen LogP contribution is 2.38. The molecule has 0 radical (unpaired) electrons. The molecule has 0 N–H and O–H groups in total. The number of hydrogen-bond acceptors (Lipinski definition) is 4. The second kappa shape index (κ2) is 7.07. The van der Waals surface area contributed by atoms with E-state index in [1.54, 1.807) is 31.3 Å². The zero-order valence-corrected chi connectivity index (χ0v) is 14.3. The molecule has 25 heavy (non-hydrogen) atoms. The molecule has 0 spiro atoms. The van der Waals surface area contributed by atoms with Gasteiger partial charge in [-0.1, -0.05) is 23.7 Å². The Morgan fingerprint density at radius 1 is 1.20 bits per heavy atom. The van der Waals surface area contributed by atoms with Crippen LogP contribution in [-0.4, -0.2) is 23.1 Å². The van der Waals surface area contributed by atoms with Gasteiger partial charge in [0.1, 0.15) is 11.7 Å². The number of hydrogen-bond donors (Lipinski definition) is 0. The minimum Gasteiger partial charge on any atom is -0.474 e. The Bertz CT molecular complexity index is 748. The van der Waals surface area contributed by atoms with Crippen LogP contribution in [0.2, 0.25) is 5.02 Å². The fraction of sp³-hybridized carbons (Fsp3) is 0.412. The summed E-state index contributed by atoms with van der Waals surface area (Å²) in [5.41, 5.74) is -0.369. The SMILES string of the molecule is CN(c1ncc(C(F)(F)F)c(OC2CCCC2)n1)c1ccccc1Cl. The number of halogens is 4. The van der Waals surface area contributed by atoms with Crippen LogP contribution in [0.15, 0.2) is 30.5 Å². The van der Waals surface area contributed by atoms with Crippen molar-refractivity contribution in [1.29, 1.82) is 0 Å². The van der Waals surface area contributed by atoms with Crippen LogP contribution in [0.4, 0.5) is 24.8 Å². The smallest absolute Gasteiger partial charge is 0.423 e. The second-order valence-electron chi connectivity index (χ2n) is 5.92. The van der Waals surface area contributed by atoms with Crippen LogP contribution < -0.4 is 9.64 Å². The summed E-state index contributed by atoms with van der Waals surface area (Å²) in [4.78, 5) is 9.42. The predicted octanol–water partition coefficient (Wildman–Crippen LogP) is 5.24. The number of anilines is 2. The third-order valence-corrected chi connectivity index (χ3v) is 4.46. The van der Waals surface area contributed by atoms with E-state index in [0.29, 0.717) is 10.7 Å². The Morgan fingerprint density at radius 2 is 1.88 bits per heavy atom. The molecule has 8 heteroatoms. The molecule has 1 aromatic carbocycles. The fourth-order valence-corrected chi connectivity index (χ4v) is 3.06. The topological polar surface area (TPSA) is 38.2 Å². The molecule has 4 nitrogen and oxygen atoms in total. The summed E-state index contributed by atoms with van der Waals surface area (Å²) in [5, 5.41) is 0.451. The Kier molecular flexibility index (Phi) is 5.03. The van der Waals surface area contributed by atoms with Gasteiger partial charge in [0.05, 0.1) is 10.7 Å². The van der Waals surface area contributed by atoms with Gasteiger partial charge in [0.15, 0.2) is 0 Å². The number of alkyl halides is 3. The Labute approximate surface area is 148 Å². The summed E-state index contributed by atoms with van der Waals surface area (Å²) in [5.74, 6) is -0.336. The van der Waals surface area contributed by atoms with Crippen molar-refractivity contribution in [1.82, 2.24) is 9.97 Å². The van der Waals surface area contributed by atoms with Crippen LogP contribution in [0, 0.1) is 0 Å². The number of nitrogens with zero attached hydrogens (tertiary/aromatic N) is 3. The number of para-hydroxylation sites is 1. The lowest BCUT2D eigenvalue weighted by molar-refractivity contribution is -0.139. The van der Waals surface area contributed by atoms with Gasteiger partial charge >= 0.3 is 6.18 Å². The highest BCUT2D eigenvalue weighted by Gasteiger charge is 2.37. The minimum absolute atomic E-state index is 0.0918. The summed E-state index contributed by atoms with van der Waals surface area (Å²) in [6.07, 6.45) is -0.689. The van der Waals surface area contributed by atoms with E-state index in [4.69, 9.17) is 16.3 Å². The molecule has 1 aliphatic carbocycles. The monoisotopic (exact) mass is 371 g/mol. The van der Waals surface area contributed by atoms with E-state index >= 15 is 0 Å². The van der Waals surface area contributed by atoms with Crippen LogP contribution in [0.1, 0.15) is 31.2 Å². The average molecular weight is 372 g/mol. The Hall–Kier alpha value is -2.02. The van der Waals surface area contributed by atoms with Gasteiger partial charge in [0, 0.05) is 13.2 Å². The molecule has 0 amide bonds. The predicted molar refractivity (Wildman–Crippen MR) is 89.4 cm³/mol. The van der Waals surface area contributed by atoms with Gasteiger partial charge in [-0.3, -0.25) is 0 Å². The molecule has 1 fully saturated rings. The summed E-state index contributed by atoms with van der Waals surface area (Å²) >= 11 is 6.14. The molecule has 0 unspecified atom stereocenters. The minimum atomic E-state index is -4.57. The maximum atomic E-state index is 13.2. The van der Waals surface area contributed by atoms with Gasteiger partial charge in [-0.15, -0.1) is 0 Å². The van der Waals surface area contributed by atoms with Gasteiger partial charge in [-0.2, -0.15) is 18.2 Å². The van der Waals surface area contributed by atoms with E-state index in [-0.39, 0.29) is 12.1 Å². The highest BCUT2D eigenvalue weighted by atomic mass is 35.5. The molecule has 1 heterocycles. The first-order valence-corrected chi connectivity index (χ1v) is 8.33. The van der Waals surface area contributed by atoms with Gasteiger partial charge in [-0.25, -0.2) is 4.98 Å². The largest absolute Gasteiger partial charge is 0.474 e. The van der Waals surface area contributed by atoms with Crippen molar-refractivity contribution < 1.29 is 17.9 Å². The molecule has 0 atom stereocenters. The van der Waals surface area contributed by atoms with Crippen molar-refractivity contribution in [3.8, 4) is 5.88 Å². The van der Waals surface area contributed by atoms with E-state index in [1.165, 1.54) is 4.90 Å². The molecule has 0 saturated heterocycles. The van der Waals surface area contributed by atoms with E-state index in [1.807, 2.05) is 0 Å². The van der Waals surface area contributed by atoms with Crippen LogP contribution in [0.3, 0.4) is 0 Å². The number of aromatic nitrogens is 2. The van der Waals surface area contributed by atoms with E-state index < -0.39 is 17.6 Å². The molecule has 0 bridgehead atoms. The molecule has 1 saturated carbocycles. The highest BCUT2D eigenvalue weighted by molar-refractivity contribution is 6.33. The van der Waals surface area contributed by atoms with Gasteiger partial charge in [0.25, 0.3) is 0 Å². The maximum absolute atomic E-state index is 13.2. The lowest BCUT2D eigenvalue weighted by atomic mass is 10.3. The van der Waals surface area contributed by atoms with E-state index in [2.05, 4.69) is 9.97 Å². The first-order chi connectivity index (χ1) is 11.9. The standard InChI is InChI=1S/C17H17ClF3N3O/c1-24(14-9-5-4-8-13(14)18)16-22-10-12(17(19,20)21)15(23-16)25-11-6-2-3-7-11/h4-5,8-11H,2-3,6-7H2,1H3. The lowest BCUT2D eigenvalue weighted by Gasteiger charge is -2.21. The normalized spacial score (nSPS) is 15.4. The second-order valence-corrected chi connectivity index (χ2v) is 6.33. The van der Waals surface area contributed by atoms with Crippen LogP contribution in [0.25, 0.3) is 0 Å². The summed E-state index contributed by atoms with van der Waals surface area (Å²) in [7, 11) is 1.64. The molecule has 1 aromatic heterocycles. The van der Waals surface area contributed by atoms with Gasteiger partial charge in [0.2, 0.25) is 11.8 Å². The Morgan fingerprint density at radius 3 is 2.52 bits per heavy atom. The molecular formula is C17H17ClF3N3O. The summed E-state index contributed by atoms with van der Waals surface area (Å²) in [6, 6.07) is 6.97. The maximum Gasteiger partial charge on any atom is 0.423 e. The van der Waals surface area contributed by atoms with Crippen molar-refractivity contribution in [3.63, 3.8) is 0 Å². The van der Waals surface area contributed by atoms with Crippen LogP contribution in [-0.2, 0) is 6.18 Å². The van der Waals surface area contributed by atoms with Gasteiger partial charge in [-0.05, 0) is 37.8 Å². The fourth-order valence-electron chi connectivity index (χ4n) is 2.80. The molecule has 0 aliphatic heterocycles. The third kappa shape index (κ3) is 3.98. The van der Waals surface area contributed by atoms with E-state index in [9.17, 15) is 13.2 Å². The molecule has 2 aromatic rings. The number of ether oxygens (including phenoxy) is 1. The molecule has 3 rings (SSSR count). The van der Waals surface area contributed by atoms with Crippen molar-refractivity contribution in [2.45, 2.75) is 38.0 Å². The number of rotatable bonds is 4. The van der Waals surface area contributed by atoms with Crippen LogP contribution in [0.5, 0.6) is 5.88 Å². The average Bonchev–Trinajstić information content (AvgIpc) is 3.06. The zero-order valence-electron chi connectivity index (χ0n) is 13.6. The van der Waals surface area contributed by atoms with Crippen molar-refractivity contribution in [2.75, 3.05) is 11.9 Å². The van der Waals surface area contributed by atoms with Crippen molar-refractivity contribution in [3.05, 3.63) is 41.0 Å². The quantitative estimate of drug-likeness (QED) is 0.736. The molecule has 1 aliphatic rings.